The fourth-order valence-corrected chi connectivity index (χ4v) is 3.48. The van der Waals surface area contributed by atoms with Crippen LogP contribution in [0, 0.1) is 0 Å². The first-order valence-corrected chi connectivity index (χ1v) is 8.77. The van der Waals surface area contributed by atoms with Gasteiger partial charge in [0, 0.05) is 31.9 Å². The van der Waals surface area contributed by atoms with Gasteiger partial charge in [0.2, 0.25) is 0 Å². The first-order chi connectivity index (χ1) is 12.7. The highest BCUT2D eigenvalue weighted by atomic mass is 16.2. The number of amides is 1. The van der Waals surface area contributed by atoms with Gasteiger partial charge in [-0.1, -0.05) is 35.5 Å². The van der Waals surface area contributed by atoms with Crippen LogP contribution in [-0.2, 0) is 0 Å². The largest absolute Gasteiger partial charge is 0.370 e. The highest BCUT2D eigenvalue weighted by molar-refractivity contribution is 5.98. The van der Waals surface area contributed by atoms with Gasteiger partial charge in [-0.2, -0.15) is 0 Å². The van der Waals surface area contributed by atoms with E-state index in [9.17, 15) is 4.79 Å². The van der Waals surface area contributed by atoms with Crippen LogP contribution < -0.4 is 4.90 Å². The number of rotatable bonds is 4. The average Bonchev–Trinajstić information content (AvgIpc) is 3.40. The van der Waals surface area contributed by atoms with Crippen LogP contribution in [0.4, 0.5) is 5.69 Å². The zero-order valence-corrected chi connectivity index (χ0v) is 14.7. The predicted molar refractivity (Wildman–Crippen MR) is 101 cm³/mol. The summed E-state index contributed by atoms with van der Waals surface area (Å²) in [6, 6.07) is 18.2. The van der Waals surface area contributed by atoms with Crippen molar-refractivity contribution in [2.24, 2.45) is 0 Å². The molecule has 132 valence electrons. The molecule has 1 fully saturated rings. The van der Waals surface area contributed by atoms with Gasteiger partial charge in [-0.25, -0.2) is 4.68 Å². The van der Waals surface area contributed by atoms with Gasteiger partial charge >= 0.3 is 0 Å². The van der Waals surface area contributed by atoms with Crippen LogP contribution in [0.1, 0.15) is 16.8 Å². The second kappa shape index (κ2) is 7.00. The smallest absolute Gasteiger partial charge is 0.256 e. The molecule has 4 rings (SSSR count). The third-order valence-electron chi connectivity index (χ3n) is 4.97. The standard InChI is InChI=1S/C20H21N5O/c1-23(16-7-3-2-4-8-16)17-11-13-24(15-17)20(26)18-9-5-6-10-19(18)25-14-12-21-22-25/h2-10,12,14,17H,11,13,15H2,1H3. The summed E-state index contributed by atoms with van der Waals surface area (Å²) in [5.74, 6) is 0.0417. The maximum Gasteiger partial charge on any atom is 0.256 e. The molecule has 0 spiro atoms. The van der Waals surface area contributed by atoms with Crippen LogP contribution >= 0.6 is 0 Å². The third kappa shape index (κ3) is 3.06. The summed E-state index contributed by atoms with van der Waals surface area (Å²) in [7, 11) is 2.09. The van der Waals surface area contributed by atoms with Gasteiger partial charge in [-0.05, 0) is 30.7 Å². The molecule has 2 heterocycles. The highest BCUT2D eigenvalue weighted by Gasteiger charge is 2.30. The molecule has 0 aliphatic carbocycles. The van der Waals surface area contributed by atoms with E-state index in [-0.39, 0.29) is 5.91 Å². The summed E-state index contributed by atoms with van der Waals surface area (Å²) in [4.78, 5) is 17.3. The number of benzene rings is 2. The first kappa shape index (κ1) is 16.3. The zero-order valence-electron chi connectivity index (χ0n) is 14.7. The van der Waals surface area contributed by atoms with Gasteiger partial charge in [0.1, 0.15) is 0 Å². The Bertz CT molecular complexity index is 878. The number of likely N-dealkylation sites (N-methyl/N-ethyl adjacent to an activating group) is 1. The Morgan fingerprint density at radius 1 is 1.12 bits per heavy atom. The molecule has 1 aliphatic rings. The summed E-state index contributed by atoms with van der Waals surface area (Å²) in [5.41, 5.74) is 2.59. The summed E-state index contributed by atoms with van der Waals surface area (Å²) >= 11 is 0. The van der Waals surface area contributed by atoms with Crippen molar-refractivity contribution in [1.82, 2.24) is 19.9 Å². The quantitative estimate of drug-likeness (QED) is 0.728. The van der Waals surface area contributed by atoms with Gasteiger partial charge in [0.25, 0.3) is 5.91 Å². The molecule has 1 saturated heterocycles. The van der Waals surface area contributed by atoms with E-state index in [1.807, 2.05) is 47.4 Å². The van der Waals surface area contributed by atoms with Crippen molar-refractivity contribution in [3.05, 3.63) is 72.6 Å². The summed E-state index contributed by atoms with van der Waals surface area (Å²) < 4.78 is 1.64. The van der Waals surface area contributed by atoms with Crippen LogP contribution in [0.15, 0.2) is 67.0 Å². The Morgan fingerprint density at radius 3 is 2.65 bits per heavy atom. The molecule has 6 nitrogen and oxygen atoms in total. The molecule has 0 N–H and O–H groups in total. The molecule has 0 saturated carbocycles. The molecule has 1 amide bonds. The van der Waals surface area contributed by atoms with Crippen LogP contribution in [0.5, 0.6) is 0 Å². The Kier molecular flexibility index (Phi) is 4.39. The van der Waals surface area contributed by atoms with E-state index in [1.165, 1.54) is 5.69 Å². The van der Waals surface area contributed by atoms with Gasteiger partial charge in [0.15, 0.2) is 0 Å². The van der Waals surface area contributed by atoms with Crippen molar-refractivity contribution in [3.8, 4) is 5.69 Å². The molecule has 2 aromatic carbocycles. The zero-order chi connectivity index (χ0) is 17.9. The van der Waals surface area contributed by atoms with E-state index >= 15 is 0 Å². The molecule has 3 aromatic rings. The number of para-hydroxylation sites is 2. The molecule has 0 bridgehead atoms. The number of carbonyl (C=O) groups is 1. The van der Waals surface area contributed by atoms with Gasteiger partial charge < -0.3 is 9.80 Å². The lowest BCUT2D eigenvalue weighted by Gasteiger charge is -2.27. The molecule has 0 radical (unpaired) electrons. The van der Waals surface area contributed by atoms with Crippen LogP contribution in [0.2, 0.25) is 0 Å². The van der Waals surface area contributed by atoms with Gasteiger partial charge in [-0.3, -0.25) is 4.79 Å². The lowest BCUT2D eigenvalue weighted by Crippen LogP contribution is -2.36. The van der Waals surface area contributed by atoms with Crippen LogP contribution in [-0.4, -0.2) is 52.0 Å². The Hall–Kier alpha value is -3.15. The molecule has 1 unspecified atom stereocenters. The second-order valence-corrected chi connectivity index (χ2v) is 6.50. The van der Waals surface area contributed by atoms with Crippen molar-refractivity contribution >= 4 is 11.6 Å². The summed E-state index contributed by atoms with van der Waals surface area (Å²) in [6.45, 7) is 1.47. The Morgan fingerprint density at radius 2 is 1.88 bits per heavy atom. The van der Waals surface area contributed by atoms with E-state index in [0.29, 0.717) is 11.6 Å². The predicted octanol–water partition coefficient (Wildman–Crippen LogP) is 2.62. The fourth-order valence-electron chi connectivity index (χ4n) is 3.48. The molecule has 1 aromatic heterocycles. The minimum Gasteiger partial charge on any atom is -0.370 e. The number of likely N-dealkylation sites (tertiary alicyclic amines) is 1. The van der Waals surface area contributed by atoms with E-state index in [4.69, 9.17) is 0 Å². The number of hydrogen-bond donors (Lipinski definition) is 0. The van der Waals surface area contributed by atoms with Crippen LogP contribution in [0.25, 0.3) is 5.69 Å². The van der Waals surface area contributed by atoms with Gasteiger partial charge in [0.05, 0.1) is 23.6 Å². The normalized spacial score (nSPS) is 16.7. The van der Waals surface area contributed by atoms with Gasteiger partial charge in [-0.15, -0.1) is 5.10 Å². The Labute approximate surface area is 152 Å². The average molecular weight is 347 g/mol. The lowest BCUT2D eigenvalue weighted by atomic mass is 10.1. The molecule has 1 atom stereocenters. The SMILES string of the molecule is CN(c1ccccc1)C1CCN(C(=O)c2ccccc2-n2ccnn2)C1. The number of nitrogens with zero attached hydrogens (tertiary/aromatic N) is 5. The first-order valence-electron chi connectivity index (χ1n) is 8.77. The van der Waals surface area contributed by atoms with Crippen LogP contribution in [0.3, 0.4) is 0 Å². The maximum atomic E-state index is 13.1. The van der Waals surface area contributed by atoms with E-state index in [0.717, 1.165) is 25.2 Å². The van der Waals surface area contributed by atoms with Crippen molar-refractivity contribution in [2.45, 2.75) is 12.5 Å². The molecule has 26 heavy (non-hydrogen) atoms. The topological polar surface area (TPSA) is 54.3 Å². The Balaban J connectivity index is 1.52. The van der Waals surface area contributed by atoms with Crippen molar-refractivity contribution in [1.29, 1.82) is 0 Å². The highest BCUT2D eigenvalue weighted by Crippen LogP contribution is 2.24. The van der Waals surface area contributed by atoms with E-state index in [1.54, 1.807) is 17.1 Å². The number of carbonyl (C=O) groups excluding carboxylic acids is 1. The summed E-state index contributed by atoms with van der Waals surface area (Å²) in [6.07, 6.45) is 4.33. The second-order valence-electron chi connectivity index (χ2n) is 6.50. The molecular weight excluding hydrogens is 326 g/mol. The van der Waals surface area contributed by atoms with Crippen molar-refractivity contribution in [3.63, 3.8) is 0 Å². The minimum absolute atomic E-state index is 0.0417. The molecule has 6 heteroatoms. The minimum atomic E-state index is 0.0417. The summed E-state index contributed by atoms with van der Waals surface area (Å²) in [5, 5.41) is 7.87. The van der Waals surface area contributed by atoms with Crippen molar-refractivity contribution < 1.29 is 4.79 Å². The third-order valence-corrected chi connectivity index (χ3v) is 4.97. The van der Waals surface area contributed by atoms with Crippen molar-refractivity contribution in [2.75, 3.05) is 25.0 Å². The van der Waals surface area contributed by atoms with E-state index in [2.05, 4.69) is 34.4 Å². The maximum absolute atomic E-state index is 13.1. The molecular formula is C20H21N5O. The monoisotopic (exact) mass is 347 g/mol. The number of hydrogen-bond acceptors (Lipinski definition) is 4. The fraction of sp³-hybridized carbons (Fsp3) is 0.250. The number of anilines is 1. The number of aromatic nitrogens is 3. The van der Waals surface area contributed by atoms with E-state index < -0.39 is 0 Å². The lowest BCUT2D eigenvalue weighted by molar-refractivity contribution is 0.0790. The molecule has 1 aliphatic heterocycles.